The lowest BCUT2D eigenvalue weighted by Crippen LogP contribution is -2.52. The highest BCUT2D eigenvalue weighted by atomic mass is 32.2. The minimum absolute atomic E-state index is 0.285. The van der Waals surface area contributed by atoms with E-state index >= 15 is 0 Å². The van der Waals surface area contributed by atoms with Crippen molar-refractivity contribution < 1.29 is 8.42 Å². The maximum atomic E-state index is 11.1. The highest BCUT2D eigenvalue weighted by Crippen LogP contribution is 2.24. The third-order valence-electron chi connectivity index (χ3n) is 3.55. The Hall–Kier alpha value is -0.660. The van der Waals surface area contributed by atoms with Crippen molar-refractivity contribution in [1.29, 1.82) is 0 Å². The molecule has 1 fully saturated rings. The Balaban J connectivity index is 1.83. The number of aryl methyl sites for hydroxylation is 1. The molecule has 0 aliphatic carbocycles. The van der Waals surface area contributed by atoms with Crippen molar-refractivity contribution in [3.63, 3.8) is 0 Å². The summed E-state index contributed by atoms with van der Waals surface area (Å²) >= 11 is 1.70. The lowest BCUT2D eigenvalue weighted by Gasteiger charge is -2.39. The van der Waals surface area contributed by atoms with Crippen LogP contribution in [0.1, 0.15) is 19.0 Å². The van der Waals surface area contributed by atoms with Crippen molar-refractivity contribution >= 4 is 26.3 Å². The molecule has 0 aromatic carbocycles. The van der Waals surface area contributed by atoms with Crippen molar-refractivity contribution in [2.45, 2.75) is 26.3 Å². The Morgan fingerprint density at radius 1 is 1.45 bits per heavy atom. The zero-order valence-corrected chi connectivity index (χ0v) is 14.0. The highest BCUT2D eigenvalue weighted by Gasteiger charge is 2.25. The average Bonchev–Trinajstić information content (AvgIpc) is 2.74. The molecular formula is C13H23N3O2S2. The zero-order valence-electron chi connectivity index (χ0n) is 12.4. The Kier molecular flexibility index (Phi) is 5.04. The molecule has 0 saturated carbocycles. The molecule has 1 atom stereocenters. The van der Waals surface area contributed by atoms with Crippen molar-refractivity contribution in [3.05, 3.63) is 11.1 Å². The molecule has 7 heteroatoms. The average molecular weight is 317 g/mol. The Morgan fingerprint density at radius 3 is 2.75 bits per heavy atom. The van der Waals surface area contributed by atoms with Gasteiger partial charge in [-0.1, -0.05) is 0 Å². The molecule has 0 bridgehead atoms. The van der Waals surface area contributed by atoms with Crippen molar-refractivity contribution in [1.82, 2.24) is 9.88 Å². The molecule has 0 unspecified atom stereocenters. The van der Waals surface area contributed by atoms with E-state index in [-0.39, 0.29) is 5.75 Å². The van der Waals surface area contributed by atoms with Crippen LogP contribution in [0.3, 0.4) is 0 Å². The topological polar surface area (TPSA) is 53.5 Å². The van der Waals surface area contributed by atoms with Gasteiger partial charge in [0.05, 0.1) is 11.4 Å². The number of nitrogens with zero attached hydrogens (tertiary/aromatic N) is 3. The SMILES string of the molecule is Cc1csc(N2CCN(CCCS(C)(=O)=O)C[C@H]2C)n1. The molecular weight excluding hydrogens is 294 g/mol. The van der Waals surface area contributed by atoms with Crippen LogP contribution >= 0.6 is 11.3 Å². The molecule has 0 spiro atoms. The second-order valence-electron chi connectivity index (χ2n) is 5.60. The van der Waals surface area contributed by atoms with Crippen LogP contribution in [0.25, 0.3) is 0 Å². The molecule has 114 valence electrons. The van der Waals surface area contributed by atoms with Crippen molar-refractivity contribution in [2.75, 3.05) is 43.1 Å². The van der Waals surface area contributed by atoms with Crippen molar-refractivity contribution in [3.8, 4) is 0 Å². The second kappa shape index (κ2) is 6.41. The summed E-state index contributed by atoms with van der Waals surface area (Å²) in [5, 5.41) is 3.19. The van der Waals surface area contributed by atoms with Gasteiger partial charge in [-0.15, -0.1) is 11.3 Å². The van der Waals surface area contributed by atoms with E-state index in [0.29, 0.717) is 6.04 Å². The molecule has 5 nitrogen and oxygen atoms in total. The molecule has 0 radical (unpaired) electrons. The van der Waals surface area contributed by atoms with Crippen LogP contribution in [0.15, 0.2) is 5.38 Å². The van der Waals surface area contributed by atoms with Crippen LogP contribution in [0, 0.1) is 6.92 Å². The van der Waals surface area contributed by atoms with Crippen LogP contribution in [0.2, 0.25) is 0 Å². The molecule has 1 aromatic heterocycles. The van der Waals surface area contributed by atoms with E-state index in [2.05, 4.69) is 27.1 Å². The number of anilines is 1. The number of piperazine rings is 1. The van der Waals surface area contributed by atoms with Gasteiger partial charge in [-0.3, -0.25) is 4.90 Å². The van der Waals surface area contributed by atoms with E-state index in [0.717, 1.165) is 43.4 Å². The van der Waals surface area contributed by atoms with Gasteiger partial charge in [-0.25, -0.2) is 13.4 Å². The van der Waals surface area contributed by atoms with Gasteiger partial charge in [-0.05, 0) is 26.8 Å². The predicted molar refractivity (Wildman–Crippen MR) is 84.4 cm³/mol. The van der Waals surface area contributed by atoms with E-state index in [1.807, 2.05) is 6.92 Å². The quantitative estimate of drug-likeness (QED) is 0.821. The Labute approximate surface area is 125 Å². The fourth-order valence-electron chi connectivity index (χ4n) is 2.54. The molecule has 1 saturated heterocycles. The van der Waals surface area contributed by atoms with E-state index < -0.39 is 9.84 Å². The molecule has 0 amide bonds. The van der Waals surface area contributed by atoms with E-state index in [9.17, 15) is 8.42 Å². The number of sulfone groups is 1. The number of aromatic nitrogens is 1. The van der Waals surface area contributed by atoms with Gasteiger partial charge >= 0.3 is 0 Å². The maximum absolute atomic E-state index is 11.1. The van der Waals surface area contributed by atoms with Crippen LogP contribution < -0.4 is 4.90 Å². The van der Waals surface area contributed by atoms with E-state index in [4.69, 9.17) is 0 Å². The zero-order chi connectivity index (χ0) is 14.8. The highest BCUT2D eigenvalue weighted by molar-refractivity contribution is 7.90. The number of hydrogen-bond acceptors (Lipinski definition) is 6. The predicted octanol–water partition coefficient (Wildman–Crippen LogP) is 1.40. The monoisotopic (exact) mass is 317 g/mol. The second-order valence-corrected chi connectivity index (χ2v) is 8.69. The van der Waals surface area contributed by atoms with Gasteiger partial charge in [0.25, 0.3) is 0 Å². The Bertz CT molecular complexity index is 542. The first kappa shape index (κ1) is 15.7. The third kappa shape index (κ3) is 4.43. The van der Waals surface area contributed by atoms with Crippen LogP contribution in [0.4, 0.5) is 5.13 Å². The van der Waals surface area contributed by atoms with Crippen LogP contribution in [-0.2, 0) is 9.84 Å². The number of thiazole rings is 1. The lowest BCUT2D eigenvalue weighted by molar-refractivity contribution is 0.229. The standard InChI is InChI=1S/C13H23N3O2S2/c1-11-10-19-13(14-11)16-7-6-15(9-12(16)2)5-4-8-20(3,17)18/h10,12H,4-9H2,1-3H3/t12-/m1/s1. The normalized spacial score (nSPS) is 21.4. The minimum atomic E-state index is -2.83. The summed E-state index contributed by atoms with van der Waals surface area (Å²) in [5.41, 5.74) is 1.08. The summed E-state index contributed by atoms with van der Waals surface area (Å²) in [4.78, 5) is 9.26. The minimum Gasteiger partial charge on any atom is -0.343 e. The fourth-order valence-corrected chi connectivity index (χ4v) is 4.13. The fraction of sp³-hybridized carbons (Fsp3) is 0.769. The number of hydrogen-bond donors (Lipinski definition) is 0. The van der Waals surface area contributed by atoms with Gasteiger partial charge < -0.3 is 4.90 Å². The van der Waals surface area contributed by atoms with Gasteiger partial charge in [0, 0.05) is 37.3 Å². The van der Waals surface area contributed by atoms with Gasteiger partial charge in [0.15, 0.2) is 5.13 Å². The molecule has 0 N–H and O–H groups in total. The van der Waals surface area contributed by atoms with Crippen LogP contribution in [-0.4, -0.2) is 62.5 Å². The first-order valence-corrected chi connectivity index (χ1v) is 9.88. The third-order valence-corrected chi connectivity index (χ3v) is 5.58. The Morgan fingerprint density at radius 2 is 2.20 bits per heavy atom. The van der Waals surface area contributed by atoms with Gasteiger partial charge in [0.1, 0.15) is 9.84 Å². The lowest BCUT2D eigenvalue weighted by atomic mass is 10.2. The summed E-state index contributed by atoms with van der Waals surface area (Å²) < 4.78 is 22.3. The number of rotatable bonds is 5. The molecule has 1 aliphatic heterocycles. The first-order valence-electron chi connectivity index (χ1n) is 6.94. The van der Waals surface area contributed by atoms with Gasteiger partial charge in [0.2, 0.25) is 0 Å². The smallest absolute Gasteiger partial charge is 0.185 e. The molecule has 2 heterocycles. The van der Waals surface area contributed by atoms with E-state index in [1.54, 1.807) is 11.3 Å². The summed E-state index contributed by atoms with van der Waals surface area (Å²) in [7, 11) is -2.83. The molecule has 20 heavy (non-hydrogen) atoms. The summed E-state index contributed by atoms with van der Waals surface area (Å²) in [6, 6.07) is 0.424. The summed E-state index contributed by atoms with van der Waals surface area (Å²) in [5.74, 6) is 0.285. The summed E-state index contributed by atoms with van der Waals surface area (Å²) in [6.07, 6.45) is 2.03. The first-order chi connectivity index (χ1) is 9.35. The van der Waals surface area contributed by atoms with Crippen molar-refractivity contribution in [2.24, 2.45) is 0 Å². The van der Waals surface area contributed by atoms with Gasteiger partial charge in [-0.2, -0.15) is 0 Å². The molecule has 2 rings (SSSR count). The maximum Gasteiger partial charge on any atom is 0.185 e. The van der Waals surface area contributed by atoms with E-state index in [1.165, 1.54) is 6.26 Å². The van der Waals surface area contributed by atoms with Crippen LogP contribution in [0.5, 0.6) is 0 Å². The molecule has 1 aliphatic rings. The molecule has 1 aromatic rings. The summed E-state index contributed by atoms with van der Waals surface area (Å²) in [6.45, 7) is 8.01. The largest absolute Gasteiger partial charge is 0.343 e.